The van der Waals surface area contributed by atoms with Crippen molar-refractivity contribution in [1.82, 2.24) is 10.6 Å². The maximum atomic E-state index is 5.42. The van der Waals surface area contributed by atoms with Crippen molar-refractivity contribution in [3.63, 3.8) is 0 Å². The van der Waals surface area contributed by atoms with Crippen LogP contribution >= 0.6 is 24.0 Å². The minimum atomic E-state index is 0. The van der Waals surface area contributed by atoms with Gasteiger partial charge < -0.3 is 29.6 Å². The predicted octanol–water partition coefficient (Wildman–Crippen LogP) is 3.31. The van der Waals surface area contributed by atoms with Gasteiger partial charge in [0.05, 0.1) is 20.8 Å². The molecule has 0 atom stereocenters. The Labute approximate surface area is 182 Å². The van der Waals surface area contributed by atoms with Gasteiger partial charge in [-0.25, -0.2) is 4.99 Å². The second kappa shape index (κ2) is 10.8. The van der Waals surface area contributed by atoms with Crippen molar-refractivity contribution < 1.29 is 18.9 Å². The van der Waals surface area contributed by atoms with Crippen LogP contribution in [0.4, 0.5) is 0 Å². The molecule has 0 radical (unpaired) electrons. The number of nitrogens with zero attached hydrogens (tertiary/aromatic N) is 1. The molecule has 1 heterocycles. The summed E-state index contributed by atoms with van der Waals surface area (Å²) in [6.07, 6.45) is 0. The fourth-order valence-corrected chi connectivity index (χ4v) is 2.73. The largest absolute Gasteiger partial charge is 0.493 e. The minimum Gasteiger partial charge on any atom is -0.493 e. The van der Waals surface area contributed by atoms with Crippen LogP contribution in [0, 0.1) is 0 Å². The van der Waals surface area contributed by atoms with Crippen molar-refractivity contribution in [1.29, 1.82) is 0 Å². The Morgan fingerprint density at radius 3 is 2.46 bits per heavy atom. The summed E-state index contributed by atoms with van der Waals surface area (Å²) in [7, 11) is 3.26. The quantitative estimate of drug-likeness (QED) is 0.346. The lowest BCUT2D eigenvalue weighted by Crippen LogP contribution is -2.36. The molecule has 7 nitrogen and oxygen atoms in total. The zero-order valence-electron chi connectivity index (χ0n) is 16.3. The highest BCUT2D eigenvalue weighted by molar-refractivity contribution is 14.0. The van der Waals surface area contributed by atoms with Crippen molar-refractivity contribution in [3.8, 4) is 23.0 Å². The molecule has 0 spiro atoms. The average molecular weight is 499 g/mol. The lowest BCUT2D eigenvalue weighted by atomic mass is 10.2. The lowest BCUT2D eigenvalue weighted by Gasteiger charge is -2.13. The molecular formula is C20H26IN3O4. The molecule has 0 aromatic heterocycles. The molecule has 0 fully saturated rings. The molecule has 3 rings (SSSR count). The molecule has 0 amide bonds. The molecule has 0 saturated carbocycles. The number of methoxy groups -OCH3 is 2. The topological polar surface area (TPSA) is 73.3 Å². The number of guanidine groups is 1. The van der Waals surface area contributed by atoms with Gasteiger partial charge in [-0.15, -0.1) is 24.0 Å². The van der Waals surface area contributed by atoms with Gasteiger partial charge in [0.25, 0.3) is 0 Å². The van der Waals surface area contributed by atoms with E-state index in [4.69, 9.17) is 18.9 Å². The lowest BCUT2D eigenvalue weighted by molar-refractivity contribution is 0.174. The molecule has 1 aliphatic rings. The van der Waals surface area contributed by atoms with E-state index in [1.165, 1.54) is 0 Å². The van der Waals surface area contributed by atoms with Crippen molar-refractivity contribution in [2.45, 2.75) is 20.0 Å². The van der Waals surface area contributed by atoms with Crippen molar-refractivity contribution in [2.24, 2.45) is 4.99 Å². The Hall–Kier alpha value is -2.36. The van der Waals surface area contributed by atoms with Gasteiger partial charge in [-0.05, 0) is 42.3 Å². The smallest absolute Gasteiger partial charge is 0.231 e. The first-order valence-corrected chi connectivity index (χ1v) is 8.85. The van der Waals surface area contributed by atoms with Crippen LogP contribution < -0.4 is 29.6 Å². The molecule has 2 aromatic rings. The second-order valence-electron chi connectivity index (χ2n) is 5.93. The molecule has 152 valence electrons. The van der Waals surface area contributed by atoms with E-state index < -0.39 is 0 Å². The van der Waals surface area contributed by atoms with E-state index in [1.54, 1.807) is 14.2 Å². The number of hydrogen-bond acceptors (Lipinski definition) is 5. The van der Waals surface area contributed by atoms with Gasteiger partial charge in [0.1, 0.15) is 0 Å². The number of fused-ring (bicyclic) bond motifs is 1. The van der Waals surface area contributed by atoms with Crippen molar-refractivity contribution >= 4 is 29.9 Å². The van der Waals surface area contributed by atoms with E-state index in [0.29, 0.717) is 24.6 Å². The summed E-state index contributed by atoms with van der Waals surface area (Å²) in [6, 6.07) is 11.7. The summed E-state index contributed by atoms with van der Waals surface area (Å²) in [6.45, 7) is 4.25. The highest BCUT2D eigenvalue weighted by Crippen LogP contribution is 2.32. The highest BCUT2D eigenvalue weighted by atomic mass is 127. The Balaban J connectivity index is 0.00000280. The molecule has 0 unspecified atom stereocenters. The predicted molar refractivity (Wildman–Crippen MR) is 119 cm³/mol. The number of ether oxygens (including phenoxy) is 4. The zero-order valence-corrected chi connectivity index (χ0v) is 18.6. The summed E-state index contributed by atoms with van der Waals surface area (Å²) in [5.41, 5.74) is 2.13. The van der Waals surface area contributed by atoms with Gasteiger partial charge in [-0.1, -0.05) is 12.1 Å². The maximum absolute atomic E-state index is 5.42. The third-order valence-electron chi connectivity index (χ3n) is 4.11. The van der Waals surface area contributed by atoms with E-state index in [9.17, 15) is 0 Å². The Bertz CT molecular complexity index is 814. The van der Waals surface area contributed by atoms with E-state index in [1.807, 2.05) is 43.3 Å². The number of rotatable bonds is 7. The van der Waals surface area contributed by atoms with Crippen LogP contribution in [0.15, 0.2) is 41.4 Å². The molecular weight excluding hydrogens is 473 g/mol. The summed E-state index contributed by atoms with van der Waals surface area (Å²) < 4.78 is 21.4. The van der Waals surface area contributed by atoms with Gasteiger partial charge in [-0.2, -0.15) is 0 Å². The van der Waals surface area contributed by atoms with E-state index >= 15 is 0 Å². The van der Waals surface area contributed by atoms with Crippen LogP contribution in [0.2, 0.25) is 0 Å². The Morgan fingerprint density at radius 1 is 0.964 bits per heavy atom. The van der Waals surface area contributed by atoms with Crippen molar-refractivity contribution in [3.05, 3.63) is 47.5 Å². The average Bonchev–Trinajstić information content (AvgIpc) is 3.17. The molecule has 1 aliphatic heterocycles. The number of benzene rings is 2. The van der Waals surface area contributed by atoms with Crippen LogP contribution in [0.5, 0.6) is 23.0 Å². The van der Waals surface area contributed by atoms with E-state index in [2.05, 4.69) is 15.6 Å². The monoisotopic (exact) mass is 499 g/mol. The first kappa shape index (κ1) is 21.9. The molecule has 0 bridgehead atoms. The van der Waals surface area contributed by atoms with Crippen LogP contribution in [-0.2, 0) is 13.1 Å². The van der Waals surface area contributed by atoms with Gasteiger partial charge in [0.2, 0.25) is 6.79 Å². The standard InChI is InChI=1S/C20H25N3O4.HI/c1-4-21-20(22-11-14-5-7-16(24-2)18(9-14)25-3)23-12-15-6-8-17-19(10-15)27-13-26-17;/h5-10H,4,11-13H2,1-3H3,(H2,21,22,23);1H. The van der Waals surface area contributed by atoms with Crippen LogP contribution in [0.1, 0.15) is 18.1 Å². The zero-order chi connectivity index (χ0) is 19.1. The normalized spacial score (nSPS) is 12.2. The highest BCUT2D eigenvalue weighted by Gasteiger charge is 2.13. The number of aliphatic imine (C=N–C) groups is 1. The van der Waals surface area contributed by atoms with Crippen molar-refractivity contribution in [2.75, 3.05) is 27.6 Å². The van der Waals surface area contributed by atoms with Crippen LogP contribution in [0.25, 0.3) is 0 Å². The Morgan fingerprint density at radius 2 is 1.71 bits per heavy atom. The minimum absolute atomic E-state index is 0. The summed E-state index contributed by atoms with van der Waals surface area (Å²) in [4.78, 5) is 4.64. The summed E-state index contributed by atoms with van der Waals surface area (Å²) in [5, 5.41) is 6.59. The number of nitrogens with one attached hydrogen (secondary N) is 2. The third kappa shape index (κ3) is 5.57. The van der Waals surface area contributed by atoms with Crippen LogP contribution in [0.3, 0.4) is 0 Å². The fourth-order valence-electron chi connectivity index (χ4n) is 2.73. The summed E-state index contributed by atoms with van der Waals surface area (Å²) >= 11 is 0. The SMILES string of the molecule is CCNC(=NCc1ccc2c(c1)OCO2)NCc1ccc(OC)c(OC)c1.I. The first-order valence-electron chi connectivity index (χ1n) is 8.85. The van der Waals surface area contributed by atoms with E-state index in [-0.39, 0.29) is 30.8 Å². The molecule has 28 heavy (non-hydrogen) atoms. The van der Waals surface area contributed by atoms with E-state index in [0.717, 1.165) is 35.1 Å². The van der Waals surface area contributed by atoms with Gasteiger partial charge in [0.15, 0.2) is 29.0 Å². The summed E-state index contributed by atoms with van der Waals surface area (Å²) in [5.74, 6) is 3.71. The van der Waals surface area contributed by atoms with Crippen LogP contribution in [-0.4, -0.2) is 33.5 Å². The number of hydrogen-bond donors (Lipinski definition) is 2. The van der Waals surface area contributed by atoms with Gasteiger partial charge in [0, 0.05) is 13.1 Å². The molecule has 2 aromatic carbocycles. The molecule has 0 saturated heterocycles. The third-order valence-corrected chi connectivity index (χ3v) is 4.11. The second-order valence-corrected chi connectivity index (χ2v) is 5.93. The maximum Gasteiger partial charge on any atom is 0.231 e. The first-order chi connectivity index (χ1) is 13.2. The molecule has 2 N–H and O–H groups in total. The Kier molecular flexibility index (Phi) is 8.49. The molecule has 0 aliphatic carbocycles. The molecule has 8 heteroatoms. The number of halogens is 1. The van der Waals surface area contributed by atoms with Gasteiger partial charge in [-0.3, -0.25) is 0 Å². The fraction of sp³-hybridized carbons (Fsp3) is 0.350. The van der Waals surface area contributed by atoms with Gasteiger partial charge >= 0.3 is 0 Å².